The third-order valence-electron chi connectivity index (χ3n) is 6.70. The Bertz CT molecular complexity index is 1010. The molecule has 0 bridgehead atoms. The van der Waals surface area contributed by atoms with Crippen LogP contribution in [0.4, 0.5) is 0 Å². The number of nitrogens with one attached hydrogen (secondary N) is 2. The molecule has 0 saturated heterocycles. The highest BCUT2D eigenvalue weighted by atomic mass is 32.2. The summed E-state index contributed by atoms with van der Waals surface area (Å²) in [5.41, 5.74) is 0.232. The van der Waals surface area contributed by atoms with E-state index in [0.29, 0.717) is 13.1 Å². The summed E-state index contributed by atoms with van der Waals surface area (Å²) in [5.74, 6) is 0.575. The molecule has 0 heterocycles. The number of allylic oxidation sites excluding steroid dienone is 10. The van der Waals surface area contributed by atoms with E-state index in [0.717, 1.165) is 70.0 Å². The molecule has 2 amide bonds. The Kier molecular flexibility index (Phi) is 20.8. The third kappa shape index (κ3) is 16.1. The van der Waals surface area contributed by atoms with E-state index in [4.69, 9.17) is 0 Å². The first kappa shape index (κ1) is 36.0. The van der Waals surface area contributed by atoms with Crippen LogP contribution < -0.4 is 10.6 Å². The average Bonchev–Trinajstić information content (AvgIpc) is 2.98. The lowest BCUT2D eigenvalue weighted by molar-refractivity contribution is -0.123. The summed E-state index contributed by atoms with van der Waals surface area (Å²) in [6, 6.07) is 6.42. The third-order valence-corrected chi connectivity index (χ3v) is 8.51. The summed E-state index contributed by atoms with van der Waals surface area (Å²) >= 11 is 1.75. The molecule has 5 nitrogen and oxygen atoms in total. The van der Waals surface area contributed by atoms with E-state index in [1.54, 1.807) is 30.0 Å². The number of benzene rings is 1. The van der Waals surface area contributed by atoms with Gasteiger partial charge in [-0.15, -0.1) is 11.8 Å². The topological polar surface area (TPSA) is 78.4 Å². The van der Waals surface area contributed by atoms with Crippen LogP contribution in [0.2, 0.25) is 0 Å². The number of hydrogen-bond acceptors (Lipinski definition) is 4. The van der Waals surface area contributed by atoms with Crippen molar-refractivity contribution in [3.05, 3.63) is 90.6 Å². The molecule has 0 aliphatic carbocycles. The summed E-state index contributed by atoms with van der Waals surface area (Å²) in [5, 5.41) is 15.5. The van der Waals surface area contributed by atoms with E-state index in [2.05, 4.69) is 92.2 Å². The highest BCUT2D eigenvalue weighted by Gasteiger charge is 2.34. The van der Waals surface area contributed by atoms with Gasteiger partial charge in [-0.25, -0.2) is 0 Å². The van der Waals surface area contributed by atoms with Crippen LogP contribution >= 0.6 is 11.8 Å². The molecule has 0 atom stereocenters. The lowest BCUT2D eigenvalue weighted by Crippen LogP contribution is -2.46. The monoisotopic (exact) mass is 580 g/mol. The van der Waals surface area contributed by atoms with Crippen LogP contribution in [-0.4, -0.2) is 40.5 Å². The molecular formula is C35H52N2O3S. The Hall–Kier alpha value is -2.99. The number of rotatable bonds is 22. The lowest BCUT2D eigenvalue weighted by atomic mass is 10.0. The number of phenolic OH excluding ortho intramolecular Hbond substituents is 1. The average molecular weight is 581 g/mol. The van der Waals surface area contributed by atoms with Crippen LogP contribution in [0.25, 0.3) is 0 Å². The largest absolute Gasteiger partial charge is 0.507 e. The molecule has 1 aromatic carbocycles. The van der Waals surface area contributed by atoms with Gasteiger partial charge in [-0.05, 0) is 82.1 Å². The zero-order chi connectivity index (χ0) is 30.0. The van der Waals surface area contributed by atoms with Crippen molar-refractivity contribution < 1.29 is 14.7 Å². The molecule has 1 aromatic rings. The van der Waals surface area contributed by atoms with Gasteiger partial charge in [0.05, 0.1) is 10.3 Å². The summed E-state index contributed by atoms with van der Waals surface area (Å²) in [6.45, 7) is 6.93. The van der Waals surface area contributed by atoms with Gasteiger partial charge in [0.1, 0.15) is 5.75 Å². The normalized spacial score (nSPS) is 12.5. The van der Waals surface area contributed by atoms with E-state index in [9.17, 15) is 14.7 Å². The molecule has 0 aliphatic heterocycles. The summed E-state index contributed by atoms with van der Waals surface area (Å²) < 4.78 is -0.445. The predicted octanol–water partition coefficient (Wildman–Crippen LogP) is 8.45. The smallest absolute Gasteiger partial charge is 0.255 e. The first-order valence-corrected chi connectivity index (χ1v) is 16.2. The fourth-order valence-corrected chi connectivity index (χ4v) is 5.47. The standard InChI is InChI=1S/C35H52N2O3S/c1-4-7-8-9-10-11-12-13-14-15-16-17-18-19-20-21-22-25-30-41-35(5-2,6-3)34(40)37-29-28-36-33(39)31-26-23-24-27-32(31)38/h7-8,10-11,13-14,16-17,19-20,23-24,26-27,38H,4-6,9,12,15,18,21-22,25,28-30H2,1-3H3,(H,36,39)(H,37,40)/b8-7-,11-10-,14-13-,17-16-,20-19-. The highest BCUT2D eigenvalue weighted by molar-refractivity contribution is 8.01. The van der Waals surface area contributed by atoms with Gasteiger partial charge in [0.15, 0.2) is 0 Å². The van der Waals surface area contributed by atoms with Crippen molar-refractivity contribution >= 4 is 23.6 Å². The van der Waals surface area contributed by atoms with Crippen LogP contribution in [0.1, 0.15) is 95.3 Å². The van der Waals surface area contributed by atoms with E-state index >= 15 is 0 Å². The van der Waals surface area contributed by atoms with Crippen LogP contribution in [0, 0.1) is 0 Å². The van der Waals surface area contributed by atoms with Crippen molar-refractivity contribution in [2.45, 2.75) is 89.7 Å². The molecule has 3 N–H and O–H groups in total. The van der Waals surface area contributed by atoms with Crippen LogP contribution in [0.3, 0.4) is 0 Å². The van der Waals surface area contributed by atoms with Gasteiger partial charge in [-0.2, -0.15) is 0 Å². The van der Waals surface area contributed by atoms with Gasteiger partial charge < -0.3 is 15.7 Å². The van der Waals surface area contributed by atoms with Gasteiger partial charge in [0.2, 0.25) is 5.91 Å². The van der Waals surface area contributed by atoms with E-state index in [1.165, 1.54) is 6.07 Å². The number of aromatic hydroxyl groups is 1. The van der Waals surface area contributed by atoms with Crippen LogP contribution in [0.15, 0.2) is 85.0 Å². The maximum Gasteiger partial charge on any atom is 0.255 e. The summed E-state index contributed by atoms with van der Waals surface area (Å²) in [6.07, 6.45) is 32.0. The Morgan fingerprint density at radius 1 is 0.756 bits per heavy atom. The molecule has 0 radical (unpaired) electrons. The van der Waals surface area contributed by atoms with Crippen molar-refractivity contribution in [1.29, 1.82) is 0 Å². The fourth-order valence-electron chi connectivity index (χ4n) is 4.12. The molecule has 0 aromatic heterocycles. The number of carbonyl (C=O) groups is 2. The van der Waals surface area contributed by atoms with Crippen molar-refractivity contribution in [3.8, 4) is 5.75 Å². The molecule has 0 aliphatic rings. The van der Waals surface area contributed by atoms with Crippen molar-refractivity contribution in [2.75, 3.05) is 18.8 Å². The van der Waals surface area contributed by atoms with Crippen molar-refractivity contribution in [3.63, 3.8) is 0 Å². The maximum absolute atomic E-state index is 13.0. The summed E-state index contributed by atoms with van der Waals surface area (Å²) in [4.78, 5) is 25.2. The minimum absolute atomic E-state index is 0.0298. The molecule has 0 unspecified atom stereocenters. The molecule has 41 heavy (non-hydrogen) atoms. The molecule has 6 heteroatoms. The Morgan fingerprint density at radius 2 is 1.29 bits per heavy atom. The molecule has 1 rings (SSSR count). The quantitative estimate of drug-likeness (QED) is 0.0950. The number of para-hydroxylation sites is 1. The second-order valence-electron chi connectivity index (χ2n) is 9.78. The predicted molar refractivity (Wildman–Crippen MR) is 178 cm³/mol. The Labute approximate surface area is 253 Å². The number of amides is 2. The number of phenols is 1. The second kappa shape index (κ2) is 23.7. The number of unbranched alkanes of at least 4 members (excludes halogenated alkanes) is 2. The molecule has 226 valence electrons. The molecular weight excluding hydrogens is 528 g/mol. The van der Waals surface area contributed by atoms with Gasteiger partial charge in [-0.3, -0.25) is 9.59 Å². The van der Waals surface area contributed by atoms with Gasteiger partial charge in [0, 0.05) is 13.1 Å². The van der Waals surface area contributed by atoms with Crippen LogP contribution in [0.5, 0.6) is 5.75 Å². The van der Waals surface area contributed by atoms with Crippen molar-refractivity contribution in [1.82, 2.24) is 10.6 Å². The first-order chi connectivity index (χ1) is 20.0. The molecule has 0 saturated carbocycles. The minimum atomic E-state index is -0.445. The van der Waals surface area contributed by atoms with Gasteiger partial charge in [0.25, 0.3) is 5.91 Å². The van der Waals surface area contributed by atoms with Gasteiger partial charge in [-0.1, -0.05) is 93.7 Å². The minimum Gasteiger partial charge on any atom is -0.507 e. The Balaban J connectivity index is 2.19. The molecule has 0 fully saturated rings. The van der Waals surface area contributed by atoms with E-state index < -0.39 is 4.75 Å². The number of carbonyl (C=O) groups excluding carboxylic acids is 2. The van der Waals surface area contributed by atoms with E-state index in [1.807, 2.05) is 0 Å². The fraction of sp³-hybridized carbons (Fsp3) is 0.486. The molecule has 0 spiro atoms. The Morgan fingerprint density at radius 3 is 1.85 bits per heavy atom. The lowest BCUT2D eigenvalue weighted by Gasteiger charge is -2.29. The van der Waals surface area contributed by atoms with Crippen molar-refractivity contribution in [2.24, 2.45) is 0 Å². The number of hydrogen-bond donors (Lipinski definition) is 3. The maximum atomic E-state index is 13.0. The second-order valence-corrected chi connectivity index (χ2v) is 11.3. The zero-order valence-electron chi connectivity index (χ0n) is 25.4. The SMILES string of the molecule is CC/C=C\C/C=C\C/C=C\C/C=C\C/C=C\CCCCSC(CC)(CC)C(=O)NCCNC(=O)c1ccccc1O. The highest BCUT2D eigenvalue weighted by Crippen LogP contribution is 2.33. The zero-order valence-corrected chi connectivity index (χ0v) is 26.3. The number of thioether (sulfide) groups is 1. The van der Waals surface area contributed by atoms with Crippen LogP contribution in [-0.2, 0) is 4.79 Å². The summed E-state index contributed by atoms with van der Waals surface area (Å²) in [7, 11) is 0. The van der Waals surface area contributed by atoms with E-state index in [-0.39, 0.29) is 23.1 Å². The van der Waals surface area contributed by atoms with Gasteiger partial charge >= 0.3 is 0 Å². The first-order valence-electron chi connectivity index (χ1n) is 15.2.